The van der Waals surface area contributed by atoms with Crippen LogP contribution in [0.2, 0.25) is 0 Å². The van der Waals surface area contributed by atoms with Crippen LogP contribution in [-0.4, -0.2) is 12.5 Å². The van der Waals surface area contributed by atoms with E-state index in [1.165, 1.54) is 43.2 Å². The van der Waals surface area contributed by atoms with Gasteiger partial charge in [0.1, 0.15) is 0 Å². The Bertz CT molecular complexity index is 1200. The van der Waals surface area contributed by atoms with Crippen molar-refractivity contribution in [3.63, 3.8) is 0 Å². The van der Waals surface area contributed by atoms with Crippen LogP contribution in [0.1, 0.15) is 22.3 Å². The molecule has 1 aliphatic carbocycles. The lowest BCUT2D eigenvalue weighted by molar-refractivity contribution is 0.615. The Labute approximate surface area is 169 Å². The summed E-state index contributed by atoms with van der Waals surface area (Å²) in [6.45, 7) is 0. The van der Waals surface area contributed by atoms with Gasteiger partial charge in [-0.2, -0.15) is 0 Å². The van der Waals surface area contributed by atoms with E-state index < -0.39 is 0 Å². The van der Waals surface area contributed by atoms with Gasteiger partial charge in [0.05, 0.1) is 5.41 Å². The molecule has 0 saturated heterocycles. The summed E-state index contributed by atoms with van der Waals surface area (Å²) >= 11 is 1.85. The van der Waals surface area contributed by atoms with Gasteiger partial charge in [0.25, 0.3) is 0 Å². The first kappa shape index (κ1) is 16.2. The molecule has 2 aliphatic rings. The highest BCUT2D eigenvalue weighted by Gasteiger charge is 2.50. The second kappa shape index (κ2) is 5.87. The third-order valence-electron chi connectivity index (χ3n) is 6.13. The Morgan fingerprint density at radius 2 is 1.18 bits per heavy atom. The molecule has 1 N–H and O–H groups in total. The minimum atomic E-state index is -0.338. The fraction of sp³-hybridized carbons (Fsp3) is 0.0400. The molecule has 0 bridgehead atoms. The summed E-state index contributed by atoms with van der Waals surface area (Å²) in [6.07, 6.45) is 0. The van der Waals surface area contributed by atoms with Gasteiger partial charge in [0, 0.05) is 9.79 Å². The minimum absolute atomic E-state index is 0.0473. The molecule has 3 heteroatoms. The topological polar surface area (TPSA) is 20.2 Å². The highest BCUT2D eigenvalue weighted by molar-refractivity contribution is 7.99. The molecule has 0 saturated carbocycles. The molecular weight excluding hydrogens is 359 g/mol. The summed E-state index contributed by atoms with van der Waals surface area (Å²) in [6, 6.07) is 32.6. The standard InChI is InChI=1S/C25H17BOS/c27-26-21-13-7-12-20-24(21)16-8-1-2-9-17(16)25(20)18-10-3-5-14-22(18)28-23-15-6-4-11-19(23)25/h1-15,26-27H. The molecule has 0 fully saturated rings. The van der Waals surface area contributed by atoms with Gasteiger partial charge in [-0.3, -0.25) is 0 Å². The first-order valence-electron chi connectivity index (χ1n) is 9.55. The smallest absolute Gasteiger partial charge is 0.305 e. The third-order valence-corrected chi connectivity index (χ3v) is 7.28. The second-order valence-electron chi connectivity index (χ2n) is 7.39. The van der Waals surface area contributed by atoms with Crippen molar-refractivity contribution in [3.8, 4) is 11.1 Å². The SMILES string of the molecule is OBc1cccc2c1-c1ccccc1C21c2ccccc2Sc2ccccc21. The summed E-state index contributed by atoms with van der Waals surface area (Å²) in [7, 11) is 0.0473. The Morgan fingerprint density at radius 1 is 0.607 bits per heavy atom. The second-order valence-corrected chi connectivity index (χ2v) is 8.47. The van der Waals surface area contributed by atoms with Crippen LogP contribution in [-0.2, 0) is 5.41 Å². The van der Waals surface area contributed by atoms with Crippen molar-refractivity contribution < 1.29 is 5.02 Å². The highest BCUT2D eigenvalue weighted by atomic mass is 32.2. The van der Waals surface area contributed by atoms with E-state index in [4.69, 9.17) is 0 Å². The molecule has 4 aromatic carbocycles. The maximum Gasteiger partial charge on any atom is 0.305 e. The summed E-state index contributed by atoms with van der Waals surface area (Å²) < 4.78 is 0. The Morgan fingerprint density at radius 3 is 1.86 bits per heavy atom. The largest absolute Gasteiger partial charge is 0.449 e. The van der Waals surface area contributed by atoms with Crippen molar-refractivity contribution in [2.75, 3.05) is 0 Å². The summed E-state index contributed by atoms with van der Waals surface area (Å²) in [5.74, 6) is 0. The first-order valence-corrected chi connectivity index (χ1v) is 10.4. The van der Waals surface area contributed by atoms with Crippen LogP contribution in [0.3, 0.4) is 0 Å². The summed E-state index contributed by atoms with van der Waals surface area (Å²) in [5.41, 5.74) is 8.34. The van der Waals surface area contributed by atoms with Gasteiger partial charge < -0.3 is 5.02 Å². The van der Waals surface area contributed by atoms with Crippen molar-refractivity contribution in [2.45, 2.75) is 15.2 Å². The first-order chi connectivity index (χ1) is 13.9. The van der Waals surface area contributed by atoms with E-state index in [1.807, 2.05) is 17.8 Å². The number of rotatable bonds is 1. The number of benzene rings is 4. The normalized spacial score (nSPS) is 14.8. The Hall–Kier alpha value is -2.75. The molecule has 4 aromatic rings. The molecule has 132 valence electrons. The van der Waals surface area contributed by atoms with Gasteiger partial charge in [-0.25, -0.2) is 0 Å². The Kier molecular flexibility index (Phi) is 3.41. The molecule has 6 rings (SSSR count). The highest BCUT2D eigenvalue weighted by Crippen LogP contribution is 2.61. The predicted molar refractivity (Wildman–Crippen MR) is 117 cm³/mol. The van der Waals surface area contributed by atoms with Crippen LogP contribution in [0.4, 0.5) is 0 Å². The van der Waals surface area contributed by atoms with Gasteiger partial charge in [-0.05, 0) is 51.0 Å². The third kappa shape index (κ3) is 1.88. The molecule has 0 aromatic heterocycles. The average molecular weight is 376 g/mol. The van der Waals surface area contributed by atoms with Crippen molar-refractivity contribution in [1.29, 1.82) is 0 Å². The van der Waals surface area contributed by atoms with E-state index in [-0.39, 0.29) is 12.9 Å². The summed E-state index contributed by atoms with van der Waals surface area (Å²) in [4.78, 5) is 2.61. The molecule has 0 amide bonds. The van der Waals surface area contributed by atoms with Gasteiger partial charge in [-0.15, -0.1) is 0 Å². The van der Waals surface area contributed by atoms with Crippen LogP contribution in [0.15, 0.2) is 101 Å². The maximum absolute atomic E-state index is 10.1. The quantitative estimate of drug-likeness (QED) is 0.427. The zero-order valence-electron chi connectivity index (χ0n) is 15.2. The average Bonchev–Trinajstić information content (AvgIpc) is 3.06. The Balaban J connectivity index is 1.86. The molecule has 0 radical (unpaired) electrons. The number of fused-ring (bicyclic) bond motifs is 9. The predicted octanol–water partition coefficient (Wildman–Crippen LogP) is 4.48. The van der Waals surface area contributed by atoms with Crippen LogP contribution in [0, 0.1) is 0 Å². The van der Waals surface area contributed by atoms with E-state index in [9.17, 15) is 5.02 Å². The van der Waals surface area contributed by atoms with E-state index in [1.54, 1.807) is 0 Å². The zero-order chi connectivity index (χ0) is 18.7. The lowest BCUT2D eigenvalue weighted by Crippen LogP contribution is -2.32. The molecular formula is C25H17BOS. The molecule has 0 atom stereocenters. The van der Waals surface area contributed by atoms with E-state index >= 15 is 0 Å². The lowest BCUT2D eigenvalue weighted by Gasteiger charge is -2.39. The van der Waals surface area contributed by atoms with Gasteiger partial charge in [-0.1, -0.05) is 90.6 Å². The van der Waals surface area contributed by atoms with Crippen LogP contribution < -0.4 is 5.46 Å². The van der Waals surface area contributed by atoms with Crippen molar-refractivity contribution in [2.24, 2.45) is 0 Å². The van der Waals surface area contributed by atoms with Gasteiger partial charge in [0.2, 0.25) is 0 Å². The van der Waals surface area contributed by atoms with Crippen LogP contribution >= 0.6 is 11.8 Å². The van der Waals surface area contributed by atoms with Gasteiger partial charge >= 0.3 is 7.48 Å². The monoisotopic (exact) mass is 376 g/mol. The molecule has 1 aliphatic heterocycles. The molecule has 28 heavy (non-hydrogen) atoms. The number of hydrogen-bond donors (Lipinski definition) is 1. The molecule has 1 heterocycles. The van der Waals surface area contributed by atoms with E-state index in [0.717, 1.165) is 5.46 Å². The zero-order valence-corrected chi connectivity index (χ0v) is 16.0. The molecule has 0 unspecified atom stereocenters. The van der Waals surface area contributed by atoms with Gasteiger partial charge in [0.15, 0.2) is 0 Å². The number of hydrogen-bond acceptors (Lipinski definition) is 2. The molecule has 1 nitrogen and oxygen atoms in total. The van der Waals surface area contributed by atoms with Crippen LogP contribution in [0.25, 0.3) is 11.1 Å². The van der Waals surface area contributed by atoms with E-state index in [0.29, 0.717) is 0 Å². The van der Waals surface area contributed by atoms with Crippen molar-refractivity contribution >= 4 is 24.7 Å². The lowest BCUT2D eigenvalue weighted by atomic mass is 9.67. The summed E-state index contributed by atoms with van der Waals surface area (Å²) in [5, 5.41) is 10.1. The fourth-order valence-electron chi connectivity index (χ4n) is 5.11. The van der Waals surface area contributed by atoms with E-state index in [2.05, 4.69) is 84.9 Å². The van der Waals surface area contributed by atoms with Crippen molar-refractivity contribution in [1.82, 2.24) is 0 Å². The molecule has 1 spiro atoms. The van der Waals surface area contributed by atoms with Crippen molar-refractivity contribution in [3.05, 3.63) is 113 Å². The van der Waals surface area contributed by atoms with Crippen LogP contribution in [0.5, 0.6) is 0 Å². The maximum atomic E-state index is 10.1. The minimum Gasteiger partial charge on any atom is -0.449 e. The fourth-order valence-corrected chi connectivity index (χ4v) is 6.30.